The minimum atomic E-state index is -1.56. The second kappa shape index (κ2) is 10.7. The molecule has 1 atom stereocenters. The summed E-state index contributed by atoms with van der Waals surface area (Å²) in [4.78, 5) is 14.5. The fraction of sp³-hybridized carbons (Fsp3) is 0.429. The van der Waals surface area contributed by atoms with E-state index in [1.54, 1.807) is 30.4 Å². The molecule has 4 rings (SSSR count). The zero-order valence-electron chi connectivity index (χ0n) is 22.4. The van der Waals surface area contributed by atoms with Crippen molar-refractivity contribution in [3.8, 4) is 16.9 Å². The number of fused-ring (bicyclic) bond motifs is 1. The summed E-state index contributed by atoms with van der Waals surface area (Å²) in [5, 5.41) is 16.6. The number of nitrogens with two attached hydrogens (primary N) is 1. The Morgan fingerprint density at radius 2 is 1.84 bits per heavy atom. The van der Waals surface area contributed by atoms with E-state index in [2.05, 4.69) is 5.32 Å². The van der Waals surface area contributed by atoms with Crippen LogP contribution in [0.5, 0.6) is 0 Å². The molecule has 0 fully saturated rings. The van der Waals surface area contributed by atoms with Gasteiger partial charge in [0.1, 0.15) is 17.2 Å². The van der Waals surface area contributed by atoms with Crippen molar-refractivity contribution in [2.24, 2.45) is 5.73 Å². The van der Waals surface area contributed by atoms with Crippen LogP contribution >= 0.6 is 0 Å². The summed E-state index contributed by atoms with van der Waals surface area (Å²) in [5.41, 5.74) is 8.94. The Kier molecular flexibility index (Phi) is 7.75. The van der Waals surface area contributed by atoms with E-state index in [1.165, 1.54) is 0 Å². The number of nitrogens with one attached hydrogen (secondary N) is 1. The van der Waals surface area contributed by atoms with Gasteiger partial charge in [-0.05, 0) is 50.8 Å². The molecule has 1 aliphatic rings. The number of hydrogen-bond donors (Lipinski definition) is 3. The predicted molar refractivity (Wildman–Crippen MR) is 142 cm³/mol. The van der Waals surface area contributed by atoms with Crippen LogP contribution in [0, 0.1) is 11.6 Å². The quantitative estimate of drug-likeness (QED) is 0.395. The van der Waals surface area contributed by atoms with Gasteiger partial charge in [0.2, 0.25) is 0 Å². The van der Waals surface area contributed by atoms with Crippen LogP contribution in [-0.4, -0.2) is 44.4 Å². The molecule has 10 heteroatoms. The van der Waals surface area contributed by atoms with Crippen LogP contribution in [0.1, 0.15) is 57.0 Å². The third-order valence-corrected chi connectivity index (χ3v) is 6.48. The molecule has 0 saturated heterocycles. The number of nitrogens with zero attached hydrogens (tertiary/aromatic N) is 3. The number of benzene rings is 2. The van der Waals surface area contributed by atoms with Crippen LogP contribution in [0.15, 0.2) is 30.3 Å². The third-order valence-electron chi connectivity index (χ3n) is 6.48. The molecule has 1 amide bonds. The Morgan fingerprint density at radius 3 is 2.42 bits per heavy atom. The van der Waals surface area contributed by atoms with Crippen molar-refractivity contribution in [1.82, 2.24) is 14.7 Å². The van der Waals surface area contributed by atoms with Crippen molar-refractivity contribution in [1.29, 1.82) is 0 Å². The number of hydrogen-bond acceptors (Lipinski definition) is 6. The molecule has 1 unspecified atom stereocenters. The van der Waals surface area contributed by atoms with E-state index >= 15 is 8.78 Å². The first-order valence-corrected chi connectivity index (χ1v) is 12.8. The third kappa shape index (κ3) is 5.51. The number of anilines is 1. The maximum atomic E-state index is 15.7. The van der Waals surface area contributed by atoms with Gasteiger partial charge in [-0.2, -0.15) is 5.10 Å². The number of halogens is 2. The average molecular weight is 528 g/mol. The van der Waals surface area contributed by atoms with E-state index in [1.807, 2.05) is 32.0 Å². The number of ether oxygens (including phenoxy) is 1. The zero-order chi connectivity index (χ0) is 27.8. The molecule has 2 heterocycles. The number of aliphatic hydroxyl groups excluding tert-OH is 1. The SMILES string of the molecule is CCc1cccc(CC)c1-n1nc2c(c1-c1cc(F)c(NC(N)O)cc1F)CN(C(=O)OC(C)(C)C)CC2. The lowest BCUT2D eigenvalue weighted by molar-refractivity contribution is 0.0224. The van der Waals surface area contributed by atoms with Gasteiger partial charge in [0.15, 0.2) is 6.35 Å². The van der Waals surface area contributed by atoms with Crippen molar-refractivity contribution in [2.45, 2.75) is 72.4 Å². The molecule has 0 saturated carbocycles. The molecule has 0 bridgehead atoms. The maximum absolute atomic E-state index is 15.7. The standard InChI is InChI=1S/C28H35F2N5O3/c1-6-16-9-8-10-17(7-2)24(16)35-25(18-13-21(30)23(14-20(18)29)32-26(31)36)19-15-34(12-11-22(19)33-35)27(37)38-28(3,4)5/h8-10,13-14,26,32,36H,6-7,11-12,15,31H2,1-5H3. The summed E-state index contributed by atoms with van der Waals surface area (Å²) in [7, 11) is 0. The molecule has 2 aromatic carbocycles. The van der Waals surface area contributed by atoms with Crippen LogP contribution in [0.4, 0.5) is 19.3 Å². The zero-order valence-corrected chi connectivity index (χ0v) is 22.4. The molecule has 0 spiro atoms. The topological polar surface area (TPSA) is 106 Å². The molecule has 8 nitrogen and oxygen atoms in total. The summed E-state index contributed by atoms with van der Waals surface area (Å²) in [6.07, 6.45) is -0.170. The fourth-order valence-corrected chi connectivity index (χ4v) is 4.78. The monoisotopic (exact) mass is 527 g/mol. The van der Waals surface area contributed by atoms with Gasteiger partial charge in [0.25, 0.3) is 0 Å². The summed E-state index contributed by atoms with van der Waals surface area (Å²) < 4.78 is 38.1. The largest absolute Gasteiger partial charge is 0.444 e. The number of para-hydroxylation sites is 1. The van der Waals surface area contributed by atoms with Crippen LogP contribution in [0.2, 0.25) is 0 Å². The van der Waals surface area contributed by atoms with Crippen molar-refractivity contribution in [2.75, 3.05) is 11.9 Å². The smallest absolute Gasteiger partial charge is 0.410 e. The van der Waals surface area contributed by atoms with Gasteiger partial charge in [-0.25, -0.2) is 18.3 Å². The van der Waals surface area contributed by atoms with E-state index in [0.717, 1.165) is 28.9 Å². The highest BCUT2D eigenvalue weighted by molar-refractivity contribution is 5.74. The lowest BCUT2D eigenvalue weighted by Gasteiger charge is -2.30. The molecule has 0 aliphatic carbocycles. The van der Waals surface area contributed by atoms with Crippen LogP contribution in [0.3, 0.4) is 0 Å². The second-order valence-corrected chi connectivity index (χ2v) is 10.4. The number of aryl methyl sites for hydroxylation is 2. The van der Waals surface area contributed by atoms with Crippen LogP contribution in [0.25, 0.3) is 16.9 Å². The predicted octanol–water partition coefficient (Wildman–Crippen LogP) is 4.88. The summed E-state index contributed by atoms with van der Waals surface area (Å²) >= 11 is 0. The van der Waals surface area contributed by atoms with E-state index in [-0.39, 0.29) is 17.8 Å². The number of amides is 1. The highest BCUT2D eigenvalue weighted by Crippen LogP contribution is 2.38. The lowest BCUT2D eigenvalue weighted by Crippen LogP contribution is -2.39. The Labute approximate surface area is 221 Å². The van der Waals surface area contributed by atoms with Gasteiger partial charge >= 0.3 is 6.09 Å². The highest BCUT2D eigenvalue weighted by atomic mass is 19.1. The summed E-state index contributed by atoms with van der Waals surface area (Å²) in [5.74, 6) is -1.51. The summed E-state index contributed by atoms with van der Waals surface area (Å²) in [6, 6.07) is 8.01. The van der Waals surface area contributed by atoms with Gasteiger partial charge in [0.05, 0.1) is 29.3 Å². The van der Waals surface area contributed by atoms with Gasteiger partial charge in [-0.3, -0.25) is 5.73 Å². The molecule has 1 aliphatic heterocycles. The number of aromatic nitrogens is 2. The first kappa shape index (κ1) is 27.5. The number of rotatable bonds is 6. The van der Waals surface area contributed by atoms with Crippen molar-refractivity contribution >= 4 is 11.8 Å². The van der Waals surface area contributed by atoms with Crippen LogP contribution < -0.4 is 11.1 Å². The maximum Gasteiger partial charge on any atom is 0.410 e. The molecular formula is C28H35F2N5O3. The number of carbonyl (C=O) groups excluding carboxylic acids is 1. The molecule has 0 radical (unpaired) electrons. The van der Waals surface area contributed by atoms with E-state index in [9.17, 15) is 9.90 Å². The lowest BCUT2D eigenvalue weighted by atomic mass is 9.98. The Bertz CT molecular complexity index is 1320. The Hall–Kier alpha value is -3.50. The van der Waals surface area contributed by atoms with E-state index in [0.29, 0.717) is 42.8 Å². The Balaban J connectivity index is 1.94. The minimum Gasteiger partial charge on any atom is -0.444 e. The first-order valence-electron chi connectivity index (χ1n) is 12.8. The van der Waals surface area contributed by atoms with Gasteiger partial charge < -0.3 is 20.1 Å². The first-order chi connectivity index (χ1) is 17.9. The van der Waals surface area contributed by atoms with E-state index < -0.39 is 29.7 Å². The number of carbonyl (C=O) groups is 1. The average Bonchev–Trinajstić information content (AvgIpc) is 3.22. The van der Waals surface area contributed by atoms with Crippen molar-refractivity contribution in [3.05, 3.63) is 64.4 Å². The minimum absolute atomic E-state index is 0.00712. The van der Waals surface area contributed by atoms with Gasteiger partial charge in [-0.15, -0.1) is 0 Å². The Morgan fingerprint density at radius 1 is 1.18 bits per heavy atom. The van der Waals surface area contributed by atoms with Gasteiger partial charge in [-0.1, -0.05) is 32.0 Å². The summed E-state index contributed by atoms with van der Waals surface area (Å²) in [6.45, 7) is 9.98. The van der Waals surface area contributed by atoms with Crippen molar-refractivity contribution < 1.29 is 23.4 Å². The molecule has 3 aromatic rings. The molecule has 4 N–H and O–H groups in total. The molecule has 204 valence electrons. The molecule has 38 heavy (non-hydrogen) atoms. The normalized spacial score (nSPS) is 14.3. The second-order valence-electron chi connectivity index (χ2n) is 10.4. The fourth-order valence-electron chi connectivity index (χ4n) is 4.78. The van der Waals surface area contributed by atoms with Crippen LogP contribution in [-0.2, 0) is 30.5 Å². The van der Waals surface area contributed by atoms with Crippen molar-refractivity contribution in [3.63, 3.8) is 0 Å². The highest BCUT2D eigenvalue weighted by Gasteiger charge is 2.33. The van der Waals surface area contributed by atoms with E-state index in [4.69, 9.17) is 15.6 Å². The molecule has 1 aromatic heterocycles. The van der Waals surface area contributed by atoms with Gasteiger partial charge in [0, 0.05) is 30.2 Å². The number of aliphatic hydroxyl groups is 1. The molecular weight excluding hydrogens is 492 g/mol.